The van der Waals surface area contributed by atoms with Gasteiger partial charge in [-0.2, -0.15) is 4.31 Å². The van der Waals surface area contributed by atoms with E-state index in [1.807, 2.05) is 0 Å². The molecule has 1 fully saturated rings. The van der Waals surface area contributed by atoms with Crippen LogP contribution in [0.4, 0.5) is 0 Å². The number of amides is 2. The van der Waals surface area contributed by atoms with Gasteiger partial charge in [-0.25, -0.2) is 8.42 Å². The zero-order valence-corrected chi connectivity index (χ0v) is 16.8. The first-order valence-corrected chi connectivity index (χ1v) is 10.8. The summed E-state index contributed by atoms with van der Waals surface area (Å²) in [7, 11) is -3.55. The van der Waals surface area contributed by atoms with Crippen LogP contribution in [0.1, 0.15) is 20.7 Å². The van der Waals surface area contributed by atoms with Gasteiger partial charge in [0.1, 0.15) is 4.21 Å². The van der Waals surface area contributed by atoms with E-state index in [0.29, 0.717) is 5.56 Å². The van der Waals surface area contributed by atoms with Crippen molar-refractivity contribution < 1.29 is 18.0 Å². The summed E-state index contributed by atoms with van der Waals surface area (Å²) in [5.74, 6) is -0.846. The lowest BCUT2D eigenvalue weighted by molar-refractivity contribution is 0.0698. The maximum absolute atomic E-state index is 12.6. The lowest BCUT2D eigenvalue weighted by atomic mass is 10.1. The van der Waals surface area contributed by atoms with Crippen LogP contribution in [0.3, 0.4) is 0 Å². The summed E-state index contributed by atoms with van der Waals surface area (Å²) >= 11 is 4.43. The number of carbonyl (C=O) groups excluding carboxylic acids is 2. The number of halogens is 1. The number of hydrogen-bond acceptors (Lipinski definition) is 5. The molecule has 0 spiro atoms. The molecule has 10 heteroatoms. The van der Waals surface area contributed by atoms with Gasteiger partial charge in [0.15, 0.2) is 0 Å². The van der Waals surface area contributed by atoms with Crippen molar-refractivity contribution in [2.24, 2.45) is 5.73 Å². The molecule has 0 saturated carbocycles. The normalized spacial score (nSPS) is 15.8. The van der Waals surface area contributed by atoms with Gasteiger partial charge < -0.3 is 10.6 Å². The van der Waals surface area contributed by atoms with Gasteiger partial charge in [0.25, 0.3) is 15.9 Å². The lowest BCUT2D eigenvalue weighted by Crippen LogP contribution is -2.50. The average molecular weight is 458 g/mol. The first-order chi connectivity index (χ1) is 12.3. The Balaban J connectivity index is 1.69. The summed E-state index contributed by atoms with van der Waals surface area (Å²) < 4.78 is 27.7. The second-order valence-corrected chi connectivity index (χ2v) is 10.3. The van der Waals surface area contributed by atoms with Crippen molar-refractivity contribution in [3.05, 3.63) is 51.3 Å². The van der Waals surface area contributed by atoms with Crippen LogP contribution in [-0.4, -0.2) is 55.6 Å². The number of nitrogens with two attached hydrogens (primary N) is 1. The van der Waals surface area contributed by atoms with Gasteiger partial charge in [-0.15, -0.1) is 11.3 Å². The van der Waals surface area contributed by atoms with Crippen LogP contribution in [0.2, 0.25) is 0 Å². The molecule has 1 aliphatic heterocycles. The largest absolute Gasteiger partial charge is 0.366 e. The van der Waals surface area contributed by atoms with E-state index in [1.54, 1.807) is 35.2 Å². The van der Waals surface area contributed by atoms with E-state index < -0.39 is 15.9 Å². The average Bonchev–Trinajstić information content (AvgIpc) is 3.08. The first kappa shape index (κ1) is 19.0. The topological polar surface area (TPSA) is 101 Å². The Morgan fingerprint density at radius 1 is 1.04 bits per heavy atom. The van der Waals surface area contributed by atoms with E-state index >= 15 is 0 Å². The van der Waals surface area contributed by atoms with Crippen molar-refractivity contribution in [2.45, 2.75) is 4.21 Å². The standard InChI is InChI=1S/C16H16BrN3O4S2/c17-13-4-5-14(25-13)26(23,24)20-8-6-19(7-9-20)16(22)12-3-1-2-11(10-12)15(18)21/h1-5,10H,6-9H2,(H2,18,21). The van der Waals surface area contributed by atoms with Crippen LogP contribution >= 0.6 is 27.3 Å². The predicted octanol–water partition coefficient (Wildman–Crippen LogP) is 1.76. The fourth-order valence-electron chi connectivity index (χ4n) is 2.68. The fraction of sp³-hybridized carbons (Fsp3) is 0.250. The number of piperazine rings is 1. The molecular formula is C16H16BrN3O4S2. The quantitative estimate of drug-likeness (QED) is 0.755. The van der Waals surface area contributed by atoms with E-state index in [0.717, 1.165) is 15.1 Å². The van der Waals surface area contributed by atoms with Gasteiger partial charge in [-0.3, -0.25) is 9.59 Å². The monoisotopic (exact) mass is 457 g/mol. The molecule has 0 radical (unpaired) electrons. The molecule has 1 saturated heterocycles. The van der Waals surface area contributed by atoms with Gasteiger partial charge in [-0.1, -0.05) is 6.07 Å². The van der Waals surface area contributed by atoms with Crippen LogP contribution in [-0.2, 0) is 10.0 Å². The highest BCUT2D eigenvalue weighted by Crippen LogP contribution is 2.29. The number of sulfonamides is 1. The third kappa shape index (κ3) is 3.83. The molecule has 1 aromatic heterocycles. The number of hydrogen-bond donors (Lipinski definition) is 1. The highest BCUT2D eigenvalue weighted by Gasteiger charge is 2.31. The van der Waals surface area contributed by atoms with Crippen molar-refractivity contribution >= 4 is 49.1 Å². The Hall–Kier alpha value is -1.75. The molecule has 0 atom stereocenters. The molecule has 7 nitrogen and oxygen atoms in total. The van der Waals surface area contributed by atoms with Gasteiger partial charge in [0, 0.05) is 37.3 Å². The van der Waals surface area contributed by atoms with Crippen LogP contribution in [0.15, 0.2) is 44.4 Å². The third-order valence-corrected chi connectivity index (χ3v) is 8.05. The molecule has 0 aliphatic carbocycles. The van der Waals surface area contributed by atoms with Crippen molar-refractivity contribution in [3.8, 4) is 0 Å². The van der Waals surface area contributed by atoms with E-state index in [9.17, 15) is 18.0 Å². The SMILES string of the molecule is NC(=O)c1cccc(C(=O)N2CCN(S(=O)(=O)c3ccc(Br)s3)CC2)c1. The van der Waals surface area contributed by atoms with Gasteiger partial charge in [0.05, 0.1) is 3.79 Å². The number of carbonyl (C=O) groups is 2. The van der Waals surface area contributed by atoms with Gasteiger partial charge in [0.2, 0.25) is 5.91 Å². The van der Waals surface area contributed by atoms with E-state index in [1.165, 1.54) is 10.4 Å². The Bertz CT molecular complexity index is 950. The summed E-state index contributed by atoms with van der Waals surface area (Å²) in [5, 5.41) is 0. The Morgan fingerprint density at radius 2 is 1.69 bits per heavy atom. The van der Waals surface area contributed by atoms with Gasteiger partial charge in [-0.05, 0) is 46.3 Å². The summed E-state index contributed by atoms with van der Waals surface area (Å²) in [6, 6.07) is 9.48. The van der Waals surface area contributed by atoms with Crippen molar-refractivity contribution in [1.82, 2.24) is 9.21 Å². The minimum atomic E-state index is -3.55. The molecule has 1 aromatic carbocycles. The Morgan fingerprint density at radius 3 is 2.27 bits per heavy atom. The second-order valence-electron chi connectivity index (χ2n) is 5.70. The second kappa shape index (κ2) is 7.47. The smallest absolute Gasteiger partial charge is 0.253 e. The minimum absolute atomic E-state index is 0.221. The zero-order chi connectivity index (χ0) is 18.9. The number of rotatable bonds is 4. The number of nitrogens with zero attached hydrogens (tertiary/aromatic N) is 2. The van der Waals surface area contributed by atoms with Crippen LogP contribution in [0.25, 0.3) is 0 Å². The van der Waals surface area contributed by atoms with Crippen molar-refractivity contribution in [3.63, 3.8) is 0 Å². The first-order valence-electron chi connectivity index (χ1n) is 7.73. The highest BCUT2D eigenvalue weighted by molar-refractivity contribution is 9.11. The van der Waals surface area contributed by atoms with Gasteiger partial charge >= 0.3 is 0 Å². The third-order valence-electron chi connectivity index (χ3n) is 4.06. The molecule has 2 amide bonds. The molecule has 26 heavy (non-hydrogen) atoms. The maximum atomic E-state index is 12.6. The molecule has 2 aromatic rings. The molecule has 0 bridgehead atoms. The molecule has 1 aliphatic rings. The maximum Gasteiger partial charge on any atom is 0.253 e. The predicted molar refractivity (Wildman–Crippen MR) is 102 cm³/mol. The minimum Gasteiger partial charge on any atom is -0.366 e. The molecule has 3 rings (SSSR count). The zero-order valence-electron chi connectivity index (χ0n) is 13.6. The lowest BCUT2D eigenvalue weighted by Gasteiger charge is -2.33. The number of benzene rings is 1. The Labute approximate surface area is 163 Å². The molecule has 2 N–H and O–H groups in total. The number of primary amides is 1. The van der Waals surface area contributed by atoms with Crippen molar-refractivity contribution in [1.29, 1.82) is 0 Å². The van der Waals surface area contributed by atoms with E-state index in [4.69, 9.17) is 5.73 Å². The van der Waals surface area contributed by atoms with Crippen LogP contribution in [0, 0.1) is 0 Å². The van der Waals surface area contributed by atoms with E-state index in [2.05, 4.69) is 15.9 Å². The van der Waals surface area contributed by atoms with Crippen LogP contribution in [0.5, 0.6) is 0 Å². The fourth-order valence-corrected chi connectivity index (χ4v) is 6.27. The molecule has 2 heterocycles. The Kier molecular flexibility index (Phi) is 5.47. The van der Waals surface area contributed by atoms with E-state index in [-0.39, 0.29) is 41.9 Å². The van der Waals surface area contributed by atoms with Crippen molar-refractivity contribution in [2.75, 3.05) is 26.2 Å². The summed E-state index contributed by atoms with van der Waals surface area (Å²) in [6.45, 7) is 1.01. The molecule has 138 valence electrons. The highest BCUT2D eigenvalue weighted by atomic mass is 79.9. The summed E-state index contributed by atoms with van der Waals surface area (Å²) in [6.07, 6.45) is 0. The molecule has 0 unspecified atom stereocenters. The number of thiophene rings is 1. The molecular weight excluding hydrogens is 442 g/mol. The summed E-state index contributed by atoms with van der Waals surface area (Å²) in [4.78, 5) is 25.4. The van der Waals surface area contributed by atoms with Crippen LogP contribution < -0.4 is 5.73 Å². The summed E-state index contributed by atoms with van der Waals surface area (Å²) in [5.41, 5.74) is 5.87.